The van der Waals surface area contributed by atoms with Crippen LogP contribution in [-0.4, -0.2) is 52.2 Å². The van der Waals surface area contributed by atoms with Gasteiger partial charge in [0.25, 0.3) is 15.7 Å². The van der Waals surface area contributed by atoms with E-state index in [1.165, 1.54) is 95.8 Å². The van der Waals surface area contributed by atoms with E-state index < -0.39 is 20.9 Å². The lowest BCUT2D eigenvalue weighted by atomic mass is 10.0. The van der Waals surface area contributed by atoms with E-state index in [1.807, 2.05) is 4.90 Å². The minimum absolute atomic E-state index is 0.00110. The van der Waals surface area contributed by atoms with E-state index in [9.17, 15) is 23.3 Å². The van der Waals surface area contributed by atoms with Crippen molar-refractivity contribution in [2.45, 2.75) is 116 Å². The predicted molar refractivity (Wildman–Crippen MR) is 185 cm³/mol. The Labute approximate surface area is 280 Å². The lowest BCUT2D eigenvalue weighted by Crippen LogP contribution is -2.37. The number of carbonyl (C=O) groups excluding carboxylic acids is 1. The number of rotatable bonds is 22. The van der Waals surface area contributed by atoms with Crippen molar-refractivity contribution in [3.05, 3.63) is 46.0 Å². The molecule has 0 atom stereocenters. The molecule has 1 N–H and O–H groups in total. The number of nitro benzene ring substituents is 1. The Morgan fingerprint density at radius 3 is 2.02 bits per heavy atom. The molecule has 0 spiro atoms. The van der Waals surface area contributed by atoms with E-state index in [1.54, 1.807) is 13.0 Å². The Kier molecular flexibility index (Phi) is 16.3. The summed E-state index contributed by atoms with van der Waals surface area (Å²) in [7, 11) is -4.37. The second kappa shape index (κ2) is 20.1. The van der Waals surface area contributed by atoms with Crippen LogP contribution in [0.4, 0.5) is 17.1 Å². The van der Waals surface area contributed by atoms with Gasteiger partial charge in [-0.05, 0) is 31.0 Å². The molecule has 262 valence electrons. The quantitative estimate of drug-likeness (QED) is 0.0429. The Morgan fingerprint density at radius 1 is 0.894 bits per heavy atom. The molecule has 0 aromatic heterocycles. The van der Waals surface area contributed by atoms with Gasteiger partial charge < -0.3 is 19.1 Å². The topological polar surface area (TPSA) is 137 Å². The molecule has 0 radical (unpaired) electrons. The SMILES string of the molecule is CCCCCCCCCCCCCCCCOc1cc(NS(=O)(=O)c2cc([N+](=O)[O-])ccc2N2CCOCC2)c(OC(C)=O)cc1C. The van der Waals surface area contributed by atoms with Crippen molar-refractivity contribution in [2.24, 2.45) is 0 Å². The van der Waals surface area contributed by atoms with E-state index in [2.05, 4.69) is 11.6 Å². The van der Waals surface area contributed by atoms with Crippen LogP contribution in [0.15, 0.2) is 35.2 Å². The van der Waals surface area contributed by atoms with Crippen LogP contribution < -0.4 is 19.1 Å². The molecule has 0 amide bonds. The Morgan fingerprint density at radius 2 is 1.47 bits per heavy atom. The highest BCUT2D eigenvalue weighted by atomic mass is 32.2. The van der Waals surface area contributed by atoms with Crippen molar-refractivity contribution in [3.63, 3.8) is 0 Å². The lowest BCUT2D eigenvalue weighted by molar-refractivity contribution is -0.385. The van der Waals surface area contributed by atoms with E-state index >= 15 is 0 Å². The third kappa shape index (κ3) is 13.0. The van der Waals surface area contributed by atoms with Crippen molar-refractivity contribution in [1.29, 1.82) is 0 Å². The van der Waals surface area contributed by atoms with E-state index in [4.69, 9.17) is 14.2 Å². The summed E-state index contributed by atoms with van der Waals surface area (Å²) in [5.41, 5.74) is 0.644. The number of aryl methyl sites for hydroxylation is 1. The highest BCUT2D eigenvalue weighted by Gasteiger charge is 2.28. The van der Waals surface area contributed by atoms with Gasteiger partial charge >= 0.3 is 5.97 Å². The zero-order chi connectivity index (χ0) is 34.1. The first kappa shape index (κ1) is 38.1. The highest BCUT2D eigenvalue weighted by Crippen LogP contribution is 2.37. The number of anilines is 2. The molecule has 12 heteroatoms. The number of non-ortho nitro benzene ring substituents is 1. The molecule has 0 bridgehead atoms. The summed E-state index contributed by atoms with van der Waals surface area (Å²) in [5.74, 6) is -0.146. The summed E-state index contributed by atoms with van der Waals surface area (Å²) in [6.07, 6.45) is 17.6. The molecule has 1 aliphatic heterocycles. The summed E-state index contributed by atoms with van der Waals surface area (Å²) in [6, 6.07) is 6.81. The maximum Gasteiger partial charge on any atom is 0.308 e. The standard InChI is InChI=1S/C35H53N3O8S/c1-4-5-6-7-8-9-10-11-12-13-14-15-16-17-22-45-33-27-31(34(25-28(33)2)46-29(3)39)36-47(42,43)35-26-30(38(40)41)18-19-32(35)37-20-23-44-24-21-37/h18-19,25-27,36H,4-17,20-24H2,1-3H3. The van der Waals surface area contributed by atoms with Crippen LogP contribution in [0.5, 0.6) is 11.5 Å². The number of nitrogens with zero attached hydrogens (tertiary/aromatic N) is 2. The maximum absolute atomic E-state index is 13.8. The van der Waals surface area contributed by atoms with E-state index in [0.717, 1.165) is 25.3 Å². The monoisotopic (exact) mass is 675 g/mol. The summed E-state index contributed by atoms with van der Waals surface area (Å²) in [5, 5.41) is 11.5. The highest BCUT2D eigenvalue weighted by molar-refractivity contribution is 7.93. The van der Waals surface area contributed by atoms with Gasteiger partial charge in [0.2, 0.25) is 0 Å². The summed E-state index contributed by atoms with van der Waals surface area (Å²) in [6.45, 7) is 7.40. The molecule has 3 rings (SSSR count). The Hall–Kier alpha value is -3.38. The molecule has 11 nitrogen and oxygen atoms in total. The smallest absolute Gasteiger partial charge is 0.308 e. The molecule has 1 saturated heterocycles. The number of hydrogen-bond donors (Lipinski definition) is 1. The summed E-state index contributed by atoms with van der Waals surface area (Å²) >= 11 is 0. The Bertz CT molecular complexity index is 1390. The van der Waals surface area contributed by atoms with Crippen molar-refractivity contribution in [1.82, 2.24) is 0 Å². The van der Waals surface area contributed by atoms with Gasteiger partial charge in [-0.1, -0.05) is 90.4 Å². The minimum Gasteiger partial charge on any atom is -0.493 e. The molecule has 0 aliphatic carbocycles. The van der Waals surface area contributed by atoms with Crippen LogP contribution in [0.1, 0.15) is 109 Å². The molecular weight excluding hydrogens is 622 g/mol. The molecule has 47 heavy (non-hydrogen) atoms. The van der Waals surface area contributed by atoms with Gasteiger partial charge in [0.1, 0.15) is 10.6 Å². The van der Waals surface area contributed by atoms with Crippen molar-refractivity contribution in [2.75, 3.05) is 42.5 Å². The number of carbonyl (C=O) groups is 1. The largest absolute Gasteiger partial charge is 0.493 e. The van der Waals surface area contributed by atoms with Gasteiger partial charge in [-0.15, -0.1) is 0 Å². The molecule has 0 unspecified atom stereocenters. The van der Waals surface area contributed by atoms with E-state index in [-0.39, 0.29) is 22.0 Å². The molecule has 1 aliphatic rings. The van der Waals surface area contributed by atoms with Crippen molar-refractivity contribution < 1.29 is 32.3 Å². The van der Waals surface area contributed by atoms with Gasteiger partial charge in [-0.2, -0.15) is 0 Å². The zero-order valence-corrected chi connectivity index (χ0v) is 29.2. The van der Waals surface area contributed by atoms with Gasteiger partial charge in [0, 0.05) is 38.2 Å². The molecular formula is C35H53N3O8S. The number of nitrogens with one attached hydrogen (secondary N) is 1. The third-order valence-corrected chi connectivity index (χ3v) is 9.72. The number of esters is 1. The van der Waals surface area contributed by atoms with Gasteiger partial charge in [-0.25, -0.2) is 8.42 Å². The van der Waals surface area contributed by atoms with Gasteiger partial charge in [-0.3, -0.25) is 19.6 Å². The molecule has 1 heterocycles. The first-order valence-electron chi connectivity index (χ1n) is 17.2. The fraction of sp³-hybridized carbons (Fsp3) is 0.629. The third-order valence-electron chi connectivity index (χ3n) is 8.33. The normalized spacial score (nSPS) is 13.4. The van der Waals surface area contributed by atoms with E-state index in [0.29, 0.717) is 49.9 Å². The lowest BCUT2D eigenvalue weighted by Gasteiger charge is -2.30. The number of benzene rings is 2. The fourth-order valence-corrected chi connectivity index (χ4v) is 7.02. The van der Waals surface area contributed by atoms with Crippen LogP contribution >= 0.6 is 0 Å². The number of sulfonamides is 1. The summed E-state index contributed by atoms with van der Waals surface area (Å²) in [4.78, 5) is 24.4. The number of unbranched alkanes of at least 4 members (excludes halogenated alkanes) is 13. The van der Waals surface area contributed by atoms with Crippen molar-refractivity contribution >= 4 is 33.1 Å². The number of hydrogen-bond acceptors (Lipinski definition) is 9. The van der Waals surface area contributed by atoms with Crippen LogP contribution in [0.25, 0.3) is 0 Å². The van der Waals surface area contributed by atoms with Gasteiger partial charge in [0.15, 0.2) is 5.75 Å². The zero-order valence-electron chi connectivity index (χ0n) is 28.4. The van der Waals surface area contributed by atoms with Crippen LogP contribution in [0.2, 0.25) is 0 Å². The minimum atomic E-state index is -4.37. The number of morpholine rings is 1. The van der Waals surface area contributed by atoms with Crippen LogP contribution in [-0.2, 0) is 19.6 Å². The van der Waals surface area contributed by atoms with Crippen molar-refractivity contribution in [3.8, 4) is 11.5 Å². The first-order chi connectivity index (χ1) is 22.6. The Balaban J connectivity index is 1.59. The molecule has 2 aromatic carbocycles. The fourth-order valence-electron chi connectivity index (χ4n) is 5.71. The second-order valence-electron chi connectivity index (χ2n) is 12.3. The summed E-state index contributed by atoms with van der Waals surface area (Å²) < 4.78 is 46.9. The maximum atomic E-state index is 13.8. The average molecular weight is 676 g/mol. The predicted octanol–water partition coefficient (Wildman–Crippen LogP) is 8.33. The molecule has 1 fully saturated rings. The number of ether oxygens (including phenoxy) is 3. The number of nitro groups is 1. The second-order valence-corrected chi connectivity index (χ2v) is 13.9. The van der Waals surface area contributed by atoms with Crippen LogP contribution in [0.3, 0.4) is 0 Å². The first-order valence-corrected chi connectivity index (χ1v) is 18.7. The average Bonchev–Trinajstić information content (AvgIpc) is 3.04. The molecule has 0 saturated carbocycles. The van der Waals surface area contributed by atoms with Gasteiger partial charge in [0.05, 0.1) is 36.1 Å². The van der Waals surface area contributed by atoms with Crippen LogP contribution in [0, 0.1) is 17.0 Å². The molecule has 2 aromatic rings.